The summed E-state index contributed by atoms with van der Waals surface area (Å²) < 4.78 is 11.5. The minimum Gasteiger partial charge on any atom is -0.448 e. The number of piperidine rings is 1. The number of aliphatic hydroxyl groups is 1. The predicted octanol–water partition coefficient (Wildman–Crippen LogP) is 4.72. The maximum absolute atomic E-state index is 13.2. The normalized spacial score (nSPS) is 29.6. The van der Waals surface area contributed by atoms with Gasteiger partial charge in [-0.15, -0.1) is 0 Å². The molecule has 0 aromatic heterocycles. The monoisotopic (exact) mass is 433 g/mol. The van der Waals surface area contributed by atoms with E-state index in [2.05, 4.69) is 48.5 Å². The number of hydrogen-bond acceptors (Lipinski definition) is 4. The van der Waals surface area contributed by atoms with Crippen LogP contribution in [0.5, 0.6) is 0 Å². The molecule has 4 aliphatic rings. The SMILES string of the molecule is O=C(OCC1c2ccccc2-c2ccccc21)N1C2CCC1CC(O)(C1CCOCC1)C2. The third-order valence-corrected chi connectivity index (χ3v) is 8.33. The topological polar surface area (TPSA) is 59.0 Å². The fourth-order valence-corrected chi connectivity index (χ4v) is 6.80. The summed E-state index contributed by atoms with van der Waals surface area (Å²) in [5.74, 6) is 0.358. The average Bonchev–Trinajstić information content (AvgIpc) is 3.30. The molecule has 32 heavy (non-hydrogen) atoms. The number of amides is 1. The van der Waals surface area contributed by atoms with Crippen LogP contribution in [0.25, 0.3) is 11.1 Å². The fraction of sp³-hybridized carbons (Fsp3) is 0.519. The smallest absolute Gasteiger partial charge is 0.410 e. The third kappa shape index (κ3) is 3.25. The largest absolute Gasteiger partial charge is 0.448 e. The molecule has 0 spiro atoms. The zero-order chi connectivity index (χ0) is 21.7. The first-order chi connectivity index (χ1) is 15.6. The van der Waals surface area contributed by atoms with Gasteiger partial charge in [0, 0.05) is 31.2 Å². The third-order valence-electron chi connectivity index (χ3n) is 8.33. The van der Waals surface area contributed by atoms with Crippen LogP contribution < -0.4 is 0 Å². The molecule has 168 valence electrons. The summed E-state index contributed by atoms with van der Waals surface area (Å²) in [5.41, 5.74) is 4.27. The molecule has 2 atom stereocenters. The Bertz CT molecular complexity index is 955. The van der Waals surface area contributed by atoms with E-state index < -0.39 is 5.60 Å². The van der Waals surface area contributed by atoms with E-state index in [1.54, 1.807) is 0 Å². The van der Waals surface area contributed by atoms with Crippen LogP contribution in [-0.2, 0) is 9.47 Å². The molecule has 0 radical (unpaired) electrons. The molecule has 5 nitrogen and oxygen atoms in total. The van der Waals surface area contributed by atoms with Crippen molar-refractivity contribution in [2.24, 2.45) is 5.92 Å². The van der Waals surface area contributed by atoms with Gasteiger partial charge in [0.15, 0.2) is 0 Å². The minimum absolute atomic E-state index is 0.0768. The molecule has 1 aliphatic carbocycles. The van der Waals surface area contributed by atoms with E-state index in [0.717, 1.165) is 38.9 Å². The fourth-order valence-electron chi connectivity index (χ4n) is 6.80. The molecule has 2 bridgehead atoms. The second-order valence-electron chi connectivity index (χ2n) is 9.99. The van der Waals surface area contributed by atoms with Gasteiger partial charge in [0.1, 0.15) is 6.61 Å². The lowest BCUT2D eigenvalue weighted by atomic mass is 9.73. The van der Waals surface area contributed by atoms with Gasteiger partial charge in [0.2, 0.25) is 0 Å². The Morgan fingerprint density at radius 1 is 0.938 bits per heavy atom. The average molecular weight is 434 g/mol. The second-order valence-corrected chi connectivity index (χ2v) is 9.99. The van der Waals surface area contributed by atoms with Crippen molar-refractivity contribution in [3.05, 3.63) is 59.7 Å². The van der Waals surface area contributed by atoms with Crippen molar-refractivity contribution < 1.29 is 19.4 Å². The number of fused-ring (bicyclic) bond motifs is 5. The molecular formula is C27H31NO4. The summed E-state index contributed by atoms with van der Waals surface area (Å²) in [5, 5.41) is 11.5. The number of carbonyl (C=O) groups is 1. The van der Waals surface area contributed by atoms with Crippen LogP contribution in [0.4, 0.5) is 4.79 Å². The lowest BCUT2D eigenvalue weighted by Gasteiger charge is -2.47. The first-order valence-electron chi connectivity index (χ1n) is 12.1. The van der Waals surface area contributed by atoms with E-state index in [4.69, 9.17) is 9.47 Å². The lowest BCUT2D eigenvalue weighted by molar-refractivity contribution is -0.112. The van der Waals surface area contributed by atoms with Crippen molar-refractivity contribution >= 4 is 6.09 Å². The van der Waals surface area contributed by atoms with E-state index >= 15 is 0 Å². The van der Waals surface area contributed by atoms with E-state index in [-0.39, 0.29) is 30.0 Å². The Labute approximate surface area is 189 Å². The minimum atomic E-state index is -0.671. The summed E-state index contributed by atoms with van der Waals surface area (Å²) in [7, 11) is 0. The van der Waals surface area contributed by atoms with Gasteiger partial charge in [-0.05, 0) is 66.7 Å². The highest BCUT2D eigenvalue weighted by Crippen LogP contribution is 2.47. The molecule has 3 fully saturated rings. The van der Waals surface area contributed by atoms with Gasteiger partial charge < -0.3 is 19.5 Å². The van der Waals surface area contributed by atoms with Gasteiger partial charge in [-0.2, -0.15) is 0 Å². The Morgan fingerprint density at radius 3 is 2.09 bits per heavy atom. The van der Waals surface area contributed by atoms with Gasteiger partial charge in [0.25, 0.3) is 0 Å². The van der Waals surface area contributed by atoms with Crippen molar-refractivity contribution in [2.75, 3.05) is 19.8 Å². The van der Waals surface area contributed by atoms with Gasteiger partial charge in [0.05, 0.1) is 5.60 Å². The highest BCUT2D eigenvalue weighted by molar-refractivity contribution is 5.79. The van der Waals surface area contributed by atoms with Crippen LogP contribution in [0, 0.1) is 5.92 Å². The summed E-state index contributed by atoms with van der Waals surface area (Å²) in [6.07, 6.45) is 4.87. The molecule has 2 aromatic rings. The predicted molar refractivity (Wildman–Crippen MR) is 121 cm³/mol. The van der Waals surface area contributed by atoms with Crippen LogP contribution in [0.2, 0.25) is 0 Å². The van der Waals surface area contributed by atoms with Gasteiger partial charge in [-0.25, -0.2) is 4.79 Å². The lowest BCUT2D eigenvalue weighted by Crippen LogP contribution is -2.56. The van der Waals surface area contributed by atoms with Gasteiger partial charge in [-0.1, -0.05) is 48.5 Å². The first-order valence-corrected chi connectivity index (χ1v) is 12.1. The van der Waals surface area contributed by atoms with Gasteiger partial charge >= 0.3 is 6.09 Å². The van der Waals surface area contributed by atoms with Crippen LogP contribution in [0.1, 0.15) is 55.6 Å². The Kier molecular flexibility index (Phi) is 4.99. The molecule has 3 saturated heterocycles. The van der Waals surface area contributed by atoms with Crippen LogP contribution in [0.15, 0.2) is 48.5 Å². The Hall–Kier alpha value is -2.37. The first kappa shape index (κ1) is 20.3. The number of nitrogens with zero attached hydrogens (tertiary/aromatic N) is 1. The molecule has 2 unspecified atom stereocenters. The number of hydrogen-bond donors (Lipinski definition) is 1. The van der Waals surface area contributed by atoms with Crippen LogP contribution in [-0.4, -0.2) is 53.6 Å². The number of benzene rings is 2. The van der Waals surface area contributed by atoms with E-state index in [1.165, 1.54) is 22.3 Å². The molecule has 3 aliphatic heterocycles. The molecule has 6 rings (SSSR count). The quantitative estimate of drug-likeness (QED) is 0.761. The second kappa shape index (κ2) is 7.89. The van der Waals surface area contributed by atoms with Crippen LogP contribution >= 0.6 is 0 Å². The number of rotatable bonds is 3. The molecule has 5 heteroatoms. The van der Waals surface area contributed by atoms with Crippen molar-refractivity contribution in [3.8, 4) is 11.1 Å². The summed E-state index contributed by atoms with van der Waals surface area (Å²) >= 11 is 0. The highest BCUT2D eigenvalue weighted by atomic mass is 16.6. The zero-order valence-electron chi connectivity index (χ0n) is 18.4. The molecule has 3 heterocycles. The maximum Gasteiger partial charge on any atom is 0.410 e. The Morgan fingerprint density at radius 2 is 1.50 bits per heavy atom. The summed E-state index contributed by atoms with van der Waals surface area (Å²) in [4.78, 5) is 15.2. The number of carbonyl (C=O) groups excluding carboxylic acids is 1. The standard InChI is InChI=1S/C27H31NO4/c29-26(28-19-9-10-20(28)16-27(30,15-19)18-11-13-31-14-12-18)32-17-25-23-7-3-1-5-21(23)22-6-2-4-8-24(22)25/h1-8,18-20,25,30H,9-17H2. The van der Waals surface area contributed by atoms with Crippen molar-refractivity contribution in [2.45, 2.75) is 62.1 Å². The Balaban J connectivity index is 1.16. The zero-order valence-corrected chi connectivity index (χ0v) is 18.4. The summed E-state index contributed by atoms with van der Waals surface area (Å²) in [6.45, 7) is 1.82. The molecule has 0 saturated carbocycles. The molecule has 2 aromatic carbocycles. The van der Waals surface area contributed by atoms with E-state index in [0.29, 0.717) is 19.4 Å². The summed E-state index contributed by atoms with van der Waals surface area (Å²) in [6, 6.07) is 17.0. The molecular weight excluding hydrogens is 402 g/mol. The van der Waals surface area contributed by atoms with Gasteiger partial charge in [-0.3, -0.25) is 0 Å². The molecule has 1 amide bonds. The number of ether oxygens (including phenoxy) is 2. The van der Waals surface area contributed by atoms with E-state index in [1.807, 2.05) is 4.90 Å². The van der Waals surface area contributed by atoms with Crippen LogP contribution in [0.3, 0.4) is 0 Å². The van der Waals surface area contributed by atoms with E-state index in [9.17, 15) is 9.90 Å². The van der Waals surface area contributed by atoms with Crippen molar-refractivity contribution in [3.63, 3.8) is 0 Å². The maximum atomic E-state index is 13.2. The van der Waals surface area contributed by atoms with Crippen molar-refractivity contribution in [1.82, 2.24) is 4.90 Å². The molecule has 1 N–H and O–H groups in total. The van der Waals surface area contributed by atoms with Crippen molar-refractivity contribution in [1.29, 1.82) is 0 Å². The highest BCUT2D eigenvalue weighted by Gasteiger charge is 2.53.